The zero-order chi connectivity index (χ0) is 19.3. The van der Waals surface area contributed by atoms with Crippen molar-refractivity contribution < 1.29 is 23.1 Å². The second-order valence-electron chi connectivity index (χ2n) is 6.41. The number of hydrogen-bond acceptors (Lipinski definition) is 5. The predicted octanol–water partition coefficient (Wildman–Crippen LogP) is 1.13. The van der Waals surface area contributed by atoms with E-state index in [2.05, 4.69) is 10.2 Å². The van der Waals surface area contributed by atoms with E-state index in [1.165, 1.54) is 26.2 Å². The highest BCUT2D eigenvalue weighted by atomic mass is 32.2. The van der Waals surface area contributed by atoms with Crippen LogP contribution in [0, 0.1) is 0 Å². The predicted molar refractivity (Wildman–Crippen MR) is 98.0 cm³/mol. The van der Waals surface area contributed by atoms with E-state index in [-0.39, 0.29) is 23.4 Å². The lowest BCUT2D eigenvalue weighted by Gasteiger charge is -2.30. The Kier molecular flexibility index (Phi) is 6.60. The van der Waals surface area contributed by atoms with Crippen LogP contribution < -0.4 is 10.2 Å². The molecule has 144 valence electrons. The second kappa shape index (κ2) is 8.50. The van der Waals surface area contributed by atoms with Crippen molar-refractivity contribution in [2.45, 2.75) is 30.6 Å². The van der Waals surface area contributed by atoms with E-state index < -0.39 is 21.9 Å². The molecule has 1 heterocycles. The molecule has 1 aromatic carbocycles. The molecule has 1 fully saturated rings. The van der Waals surface area contributed by atoms with E-state index in [1.54, 1.807) is 6.07 Å². The number of hydrogen-bond donors (Lipinski definition) is 2. The van der Waals surface area contributed by atoms with Gasteiger partial charge in [0, 0.05) is 39.4 Å². The summed E-state index contributed by atoms with van der Waals surface area (Å²) < 4.78 is 25.9. The van der Waals surface area contributed by atoms with Gasteiger partial charge in [-0.25, -0.2) is 12.7 Å². The lowest BCUT2D eigenvalue weighted by molar-refractivity contribution is -0.136. The summed E-state index contributed by atoms with van der Waals surface area (Å²) in [6.45, 7) is 1.59. The van der Waals surface area contributed by atoms with Crippen LogP contribution in [0.3, 0.4) is 0 Å². The van der Waals surface area contributed by atoms with Crippen LogP contribution in [0.4, 0.5) is 5.69 Å². The molecule has 9 heteroatoms. The quantitative estimate of drug-likeness (QED) is 0.731. The molecule has 1 aliphatic heterocycles. The van der Waals surface area contributed by atoms with Gasteiger partial charge in [0.25, 0.3) is 5.91 Å². The van der Waals surface area contributed by atoms with Crippen LogP contribution in [0.2, 0.25) is 0 Å². The molecule has 0 unspecified atom stereocenters. The first-order valence-electron chi connectivity index (χ1n) is 8.55. The third kappa shape index (κ3) is 4.73. The molecular weight excluding hydrogens is 358 g/mol. The van der Waals surface area contributed by atoms with E-state index in [4.69, 9.17) is 5.11 Å². The number of sulfonamides is 1. The molecule has 1 amide bonds. The summed E-state index contributed by atoms with van der Waals surface area (Å²) >= 11 is 0. The number of carboxylic acid groups (broad SMARTS) is 1. The van der Waals surface area contributed by atoms with Gasteiger partial charge in [0.1, 0.15) is 0 Å². The fourth-order valence-electron chi connectivity index (χ4n) is 2.86. The molecule has 0 saturated carbocycles. The number of anilines is 1. The van der Waals surface area contributed by atoms with Gasteiger partial charge in [-0.1, -0.05) is 0 Å². The summed E-state index contributed by atoms with van der Waals surface area (Å²) in [5.74, 6) is -1.48. The minimum absolute atomic E-state index is 0.0156. The normalized spacial score (nSPS) is 15.1. The van der Waals surface area contributed by atoms with E-state index in [1.807, 2.05) is 0 Å². The first kappa shape index (κ1) is 20.2. The Morgan fingerprint density at radius 1 is 1.19 bits per heavy atom. The lowest BCUT2D eigenvalue weighted by atomic mass is 10.1. The maximum Gasteiger partial charge on any atom is 0.305 e. The summed E-state index contributed by atoms with van der Waals surface area (Å²) in [6, 6.07) is 4.54. The lowest BCUT2D eigenvalue weighted by Crippen LogP contribution is -2.33. The van der Waals surface area contributed by atoms with E-state index >= 15 is 0 Å². The number of aliphatic carboxylic acids is 1. The SMILES string of the molecule is CN(C)S(=O)(=O)c1ccc(N2CCCCC2)c(C(=O)NCCC(=O)O)c1. The van der Waals surface area contributed by atoms with Crippen molar-refractivity contribution in [2.24, 2.45) is 0 Å². The third-order valence-electron chi connectivity index (χ3n) is 4.31. The van der Waals surface area contributed by atoms with Gasteiger partial charge in [0.2, 0.25) is 10.0 Å². The van der Waals surface area contributed by atoms with Crippen LogP contribution >= 0.6 is 0 Å². The monoisotopic (exact) mass is 383 g/mol. The highest BCUT2D eigenvalue weighted by Gasteiger charge is 2.24. The Balaban J connectivity index is 2.38. The Morgan fingerprint density at radius 3 is 2.42 bits per heavy atom. The average molecular weight is 383 g/mol. The van der Waals surface area contributed by atoms with Crippen molar-refractivity contribution in [3.63, 3.8) is 0 Å². The fraction of sp³-hybridized carbons (Fsp3) is 0.529. The maximum atomic E-state index is 12.6. The number of rotatable bonds is 7. The number of nitrogens with one attached hydrogen (secondary N) is 1. The third-order valence-corrected chi connectivity index (χ3v) is 6.12. The molecule has 2 N–H and O–H groups in total. The number of benzene rings is 1. The van der Waals surface area contributed by atoms with Crippen LogP contribution in [-0.2, 0) is 14.8 Å². The first-order valence-corrected chi connectivity index (χ1v) is 9.99. The molecule has 0 aromatic heterocycles. The van der Waals surface area contributed by atoms with Crippen molar-refractivity contribution >= 4 is 27.6 Å². The van der Waals surface area contributed by atoms with Gasteiger partial charge in [0.15, 0.2) is 0 Å². The second-order valence-corrected chi connectivity index (χ2v) is 8.57. The molecule has 0 radical (unpaired) electrons. The van der Waals surface area contributed by atoms with Gasteiger partial charge < -0.3 is 15.3 Å². The zero-order valence-corrected chi connectivity index (χ0v) is 15.9. The van der Waals surface area contributed by atoms with E-state index in [9.17, 15) is 18.0 Å². The molecule has 1 aliphatic rings. The van der Waals surface area contributed by atoms with Crippen LogP contribution in [-0.4, -0.2) is 63.4 Å². The standard InChI is InChI=1S/C17H25N3O5S/c1-19(2)26(24,25)13-6-7-15(20-10-4-3-5-11-20)14(12-13)17(23)18-9-8-16(21)22/h6-7,12H,3-5,8-11H2,1-2H3,(H,18,23)(H,21,22). The van der Waals surface area contributed by atoms with Gasteiger partial charge in [0.05, 0.1) is 16.9 Å². The molecule has 1 saturated heterocycles. The van der Waals surface area contributed by atoms with Crippen molar-refractivity contribution in [3.8, 4) is 0 Å². The number of carbonyl (C=O) groups excluding carboxylic acids is 1. The van der Waals surface area contributed by atoms with Crippen LogP contribution in [0.15, 0.2) is 23.1 Å². The van der Waals surface area contributed by atoms with Crippen molar-refractivity contribution in [1.82, 2.24) is 9.62 Å². The minimum atomic E-state index is -3.67. The molecule has 0 atom stereocenters. The van der Waals surface area contributed by atoms with Gasteiger partial charge in [-0.15, -0.1) is 0 Å². The molecule has 0 spiro atoms. The topological polar surface area (TPSA) is 107 Å². The highest BCUT2D eigenvalue weighted by Crippen LogP contribution is 2.27. The Labute approximate surface area is 153 Å². The molecule has 26 heavy (non-hydrogen) atoms. The Hall–Kier alpha value is -2.13. The summed E-state index contributed by atoms with van der Waals surface area (Å²) in [5, 5.41) is 11.3. The molecule has 0 bridgehead atoms. The van der Waals surface area contributed by atoms with Gasteiger partial charge in [-0.05, 0) is 37.5 Å². The van der Waals surface area contributed by atoms with Crippen molar-refractivity contribution in [1.29, 1.82) is 0 Å². The summed E-state index contributed by atoms with van der Waals surface area (Å²) in [6.07, 6.45) is 2.96. The van der Waals surface area contributed by atoms with Crippen LogP contribution in [0.1, 0.15) is 36.0 Å². The number of amides is 1. The number of nitrogens with zero attached hydrogens (tertiary/aromatic N) is 2. The van der Waals surface area contributed by atoms with Gasteiger partial charge >= 0.3 is 5.97 Å². The molecule has 8 nitrogen and oxygen atoms in total. The summed E-state index contributed by atoms with van der Waals surface area (Å²) in [7, 11) is -0.812. The Morgan fingerprint density at radius 2 is 1.85 bits per heavy atom. The Bertz CT molecular complexity index is 771. The van der Waals surface area contributed by atoms with Crippen molar-refractivity contribution in [3.05, 3.63) is 23.8 Å². The average Bonchev–Trinajstić information content (AvgIpc) is 2.61. The number of carboxylic acids is 1. The minimum Gasteiger partial charge on any atom is -0.481 e. The van der Waals surface area contributed by atoms with E-state index in [0.29, 0.717) is 5.69 Å². The molecule has 1 aromatic rings. The van der Waals surface area contributed by atoms with Crippen molar-refractivity contribution in [2.75, 3.05) is 38.6 Å². The molecule has 0 aliphatic carbocycles. The largest absolute Gasteiger partial charge is 0.481 e. The van der Waals surface area contributed by atoms with Crippen LogP contribution in [0.25, 0.3) is 0 Å². The molecular formula is C17H25N3O5S. The number of piperidine rings is 1. The van der Waals surface area contributed by atoms with Gasteiger partial charge in [-0.2, -0.15) is 0 Å². The van der Waals surface area contributed by atoms with Gasteiger partial charge in [-0.3, -0.25) is 9.59 Å². The smallest absolute Gasteiger partial charge is 0.305 e. The first-order chi connectivity index (χ1) is 12.2. The van der Waals surface area contributed by atoms with E-state index in [0.717, 1.165) is 36.7 Å². The summed E-state index contributed by atoms with van der Waals surface area (Å²) in [4.78, 5) is 25.4. The highest BCUT2D eigenvalue weighted by molar-refractivity contribution is 7.89. The summed E-state index contributed by atoms with van der Waals surface area (Å²) in [5.41, 5.74) is 0.926. The zero-order valence-electron chi connectivity index (χ0n) is 15.1. The fourth-order valence-corrected chi connectivity index (χ4v) is 3.79. The number of carbonyl (C=O) groups is 2. The maximum absolute atomic E-state index is 12.6. The van der Waals surface area contributed by atoms with Crippen LogP contribution in [0.5, 0.6) is 0 Å². The molecule has 2 rings (SSSR count).